The smallest absolute Gasteiger partial charge is 0.123 e. The van der Waals surface area contributed by atoms with Gasteiger partial charge in [0, 0.05) is 23.3 Å². The minimum atomic E-state index is 0.527. The Morgan fingerprint density at radius 3 is 3.00 bits per heavy atom. The molecule has 3 nitrogen and oxygen atoms in total. The number of nitrogens with two attached hydrogens (primary N) is 1. The van der Waals surface area contributed by atoms with E-state index in [0.717, 1.165) is 10.6 Å². The molecule has 0 unspecified atom stereocenters. The summed E-state index contributed by atoms with van der Waals surface area (Å²) in [6, 6.07) is 5.75. The molecule has 1 aromatic rings. The zero-order valence-corrected chi connectivity index (χ0v) is 7.34. The Morgan fingerprint density at radius 2 is 2.42 bits per heavy atom. The van der Waals surface area contributed by atoms with Gasteiger partial charge in [-0.15, -0.1) is 11.8 Å². The lowest BCUT2D eigenvalue weighted by atomic mass is 10.5. The van der Waals surface area contributed by atoms with Crippen molar-refractivity contribution in [3.8, 4) is 6.07 Å². The van der Waals surface area contributed by atoms with E-state index in [1.165, 1.54) is 0 Å². The highest BCUT2D eigenvalue weighted by molar-refractivity contribution is 7.99. The highest BCUT2D eigenvalue weighted by Crippen LogP contribution is 2.17. The molecule has 0 aromatic carbocycles. The summed E-state index contributed by atoms with van der Waals surface area (Å²) < 4.78 is 0. The van der Waals surface area contributed by atoms with E-state index in [1.54, 1.807) is 24.0 Å². The van der Waals surface area contributed by atoms with Crippen molar-refractivity contribution in [3.05, 3.63) is 18.3 Å². The van der Waals surface area contributed by atoms with Crippen molar-refractivity contribution < 1.29 is 0 Å². The Balaban J connectivity index is 2.43. The highest BCUT2D eigenvalue weighted by Gasteiger charge is 1.93. The van der Waals surface area contributed by atoms with Gasteiger partial charge in [-0.3, -0.25) is 0 Å². The Labute approximate surface area is 75.6 Å². The van der Waals surface area contributed by atoms with Gasteiger partial charge in [-0.05, 0) is 12.1 Å². The lowest BCUT2D eigenvalue weighted by Gasteiger charge is -1.97. The summed E-state index contributed by atoms with van der Waals surface area (Å²) in [5.74, 6) is 1.34. The van der Waals surface area contributed by atoms with Crippen LogP contribution in [0.5, 0.6) is 0 Å². The SMILES string of the molecule is N#CCCSc1ccc(N)nc1. The molecule has 0 fully saturated rings. The van der Waals surface area contributed by atoms with Gasteiger partial charge in [-0.1, -0.05) is 0 Å². The molecule has 12 heavy (non-hydrogen) atoms. The number of nitrogens with zero attached hydrogens (tertiary/aromatic N) is 2. The number of aromatic nitrogens is 1. The second-order valence-electron chi connectivity index (χ2n) is 2.18. The van der Waals surface area contributed by atoms with E-state index in [2.05, 4.69) is 11.1 Å². The molecule has 1 heterocycles. The van der Waals surface area contributed by atoms with E-state index in [0.29, 0.717) is 12.2 Å². The fourth-order valence-electron chi connectivity index (χ4n) is 0.692. The van der Waals surface area contributed by atoms with Crippen LogP contribution in [-0.4, -0.2) is 10.7 Å². The molecule has 0 aliphatic carbocycles. The van der Waals surface area contributed by atoms with Crippen molar-refractivity contribution in [1.29, 1.82) is 5.26 Å². The van der Waals surface area contributed by atoms with Gasteiger partial charge in [0.2, 0.25) is 0 Å². The van der Waals surface area contributed by atoms with Gasteiger partial charge >= 0.3 is 0 Å². The molecular weight excluding hydrogens is 170 g/mol. The van der Waals surface area contributed by atoms with Crippen LogP contribution >= 0.6 is 11.8 Å². The van der Waals surface area contributed by atoms with Gasteiger partial charge in [-0.25, -0.2) is 4.98 Å². The maximum absolute atomic E-state index is 8.29. The van der Waals surface area contributed by atoms with Crippen LogP contribution in [0.3, 0.4) is 0 Å². The van der Waals surface area contributed by atoms with Crippen molar-refractivity contribution in [2.45, 2.75) is 11.3 Å². The van der Waals surface area contributed by atoms with Crippen LogP contribution in [0.1, 0.15) is 6.42 Å². The Morgan fingerprint density at radius 1 is 1.58 bits per heavy atom. The van der Waals surface area contributed by atoms with Crippen LogP contribution in [0.4, 0.5) is 5.82 Å². The van der Waals surface area contributed by atoms with E-state index >= 15 is 0 Å². The first-order chi connectivity index (χ1) is 5.83. The zero-order valence-electron chi connectivity index (χ0n) is 6.53. The molecule has 62 valence electrons. The molecule has 2 N–H and O–H groups in total. The van der Waals surface area contributed by atoms with Crippen LogP contribution in [0, 0.1) is 11.3 Å². The molecule has 0 atom stereocenters. The maximum atomic E-state index is 8.29. The largest absolute Gasteiger partial charge is 0.384 e. The number of hydrogen-bond donors (Lipinski definition) is 1. The zero-order chi connectivity index (χ0) is 8.81. The highest BCUT2D eigenvalue weighted by atomic mass is 32.2. The molecule has 0 saturated heterocycles. The maximum Gasteiger partial charge on any atom is 0.123 e. The molecule has 4 heteroatoms. The minimum absolute atomic E-state index is 0.527. The van der Waals surface area contributed by atoms with E-state index in [1.807, 2.05) is 6.07 Å². The Hall–Kier alpha value is -1.21. The first-order valence-corrected chi connectivity index (χ1v) is 4.53. The molecule has 0 amide bonds. The summed E-state index contributed by atoms with van der Waals surface area (Å²) >= 11 is 1.61. The van der Waals surface area contributed by atoms with Gasteiger partial charge in [0.05, 0.1) is 6.07 Å². The summed E-state index contributed by atoms with van der Waals surface area (Å²) in [5, 5.41) is 8.29. The standard InChI is InChI=1S/C8H9N3S/c9-4-1-5-12-7-2-3-8(10)11-6-7/h2-3,6H,1,5H2,(H2,10,11). The Kier molecular flexibility index (Phi) is 3.42. The van der Waals surface area contributed by atoms with Gasteiger partial charge in [0.25, 0.3) is 0 Å². The van der Waals surface area contributed by atoms with Crippen molar-refractivity contribution >= 4 is 17.6 Å². The van der Waals surface area contributed by atoms with Gasteiger partial charge in [-0.2, -0.15) is 5.26 Å². The molecule has 0 radical (unpaired) electrons. The predicted octanol–water partition coefficient (Wildman–Crippen LogP) is 1.67. The first kappa shape index (κ1) is 8.88. The third-order valence-corrected chi connectivity index (χ3v) is 2.22. The molecule has 0 spiro atoms. The lowest BCUT2D eigenvalue weighted by molar-refractivity contribution is 1.21. The second-order valence-corrected chi connectivity index (χ2v) is 3.34. The number of nitrogen functional groups attached to an aromatic ring is 1. The van der Waals surface area contributed by atoms with Gasteiger partial charge in [0.15, 0.2) is 0 Å². The topological polar surface area (TPSA) is 62.7 Å². The van der Waals surface area contributed by atoms with Crippen LogP contribution in [0.15, 0.2) is 23.2 Å². The molecule has 1 rings (SSSR count). The quantitative estimate of drug-likeness (QED) is 0.566. The molecule has 0 bridgehead atoms. The number of thioether (sulfide) groups is 1. The van der Waals surface area contributed by atoms with Crippen molar-refractivity contribution in [2.24, 2.45) is 0 Å². The van der Waals surface area contributed by atoms with Crippen LogP contribution in [0.25, 0.3) is 0 Å². The molecular formula is C8H9N3S. The minimum Gasteiger partial charge on any atom is -0.384 e. The number of rotatable bonds is 3. The third-order valence-electron chi connectivity index (χ3n) is 1.24. The van der Waals surface area contributed by atoms with E-state index < -0.39 is 0 Å². The van der Waals surface area contributed by atoms with Crippen LogP contribution in [-0.2, 0) is 0 Å². The number of anilines is 1. The number of hydrogen-bond acceptors (Lipinski definition) is 4. The molecule has 0 saturated carbocycles. The number of nitriles is 1. The van der Waals surface area contributed by atoms with Crippen molar-refractivity contribution in [1.82, 2.24) is 4.98 Å². The third kappa shape index (κ3) is 2.81. The Bertz CT molecular complexity index is 275. The molecule has 0 aliphatic heterocycles. The summed E-state index contributed by atoms with van der Waals surface area (Å²) in [4.78, 5) is 4.99. The van der Waals surface area contributed by atoms with Crippen molar-refractivity contribution in [3.63, 3.8) is 0 Å². The normalized spacial score (nSPS) is 9.25. The molecule has 1 aromatic heterocycles. The monoisotopic (exact) mass is 179 g/mol. The predicted molar refractivity (Wildman–Crippen MR) is 49.6 cm³/mol. The van der Waals surface area contributed by atoms with Crippen LogP contribution in [0.2, 0.25) is 0 Å². The van der Waals surface area contributed by atoms with Crippen molar-refractivity contribution in [2.75, 3.05) is 11.5 Å². The van der Waals surface area contributed by atoms with Gasteiger partial charge in [0.1, 0.15) is 5.82 Å². The fourth-order valence-corrected chi connectivity index (χ4v) is 1.41. The van der Waals surface area contributed by atoms with E-state index in [9.17, 15) is 0 Å². The van der Waals surface area contributed by atoms with Crippen LogP contribution < -0.4 is 5.73 Å². The lowest BCUT2D eigenvalue weighted by Crippen LogP contribution is -1.88. The average Bonchev–Trinajstić information content (AvgIpc) is 2.09. The van der Waals surface area contributed by atoms with E-state index in [4.69, 9.17) is 11.0 Å². The fraction of sp³-hybridized carbons (Fsp3) is 0.250. The number of pyridine rings is 1. The average molecular weight is 179 g/mol. The summed E-state index contributed by atoms with van der Waals surface area (Å²) in [7, 11) is 0. The van der Waals surface area contributed by atoms with E-state index in [-0.39, 0.29) is 0 Å². The first-order valence-electron chi connectivity index (χ1n) is 3.54. The second kappa shape index (κ2) is 4.62. The summed E-state index contributed by atoms with van der Waals surface area (Å²) in [6.45, 7) is 0. The van der Waals surface area contributed by atoms with Gasteiger partial charge < -0.3 is 5.73 Å². The summed E-state index contributed by atoms with van der Waals surface area (Å²) in [5.41, 5.74) is 5.41. The summed E-state index contributed by atoms with van der Waals surface area (Å²) in [6.07, 6.45) is 2.28. The molecule has 0 aliphatic rings.